The van der Waals surface area contributed by atoms with Crippen LogP contribution in [0.4, 0.5) is 11.5 Å². The highest BCUT2D eigenvalue weighted by atomic mass is 16.6. The van der Waals surface area contributed by atoms with Gasteiger partial charge in [0, 0.05) is 33.0 Å². The van der Waals surface area contributed by atoms with Crippen LogP contribution in [0.2, 0.25) is 0 Å². The second-order valence-electron chi connectivity index (χ2n) is 4.98. The summed E-state index contributed by atoms with van der Waals surface area (Å²) in [5.74, 6) is 0.810. The molecular formula is C14H19N7O2. The van der Waals surface area contributed by atoms with Gasteiger partial charge in [-0.2, -0.15) is 0 Å². The molecule has 0 aliphatic heterocycles. The average Bonchev–Trinajstić information content (AvgIpc) is 3.14. The number of nitrogen functional groups attached to an aromatic ring is 1. The van der Waals surface area contributed by atoms with Crippen LogP contribution in [-0.4, -0.2) is 45.1 Å². The summed E-state index contributed by atoms with van der Waals surface area (Å²) in [7, 11) is 1.69. The van der Waals surface area contributed by atoms with Gasteiger partial charge >= 0.3 is 0 Å². The zero-order valence-corrected chi connectivity index (χ0v) is 13.1. The minimum Gasteiger partial charge on any atom is -0.385 e. The Labute approximate surface area is 132 Å². The molecule has 3 N–H and O–H groups in total. The number of fused-ring (bicyclic) bond motifs is 1. The van der Waals surface area contributed by atoms with E-state index in [1.165, 1.54) is 0 Å². The van der Waals surface area contributed by atoms with Crippen LogP contribution in [-0.2, 0) is 11.3 Å². The molecule has 3 aromatic rings. The summed E-state index contributed by atoms with van der Waals surface area (Å²) in [5, 5.41) is 10.9. The van der Waals surface area contributed by atoms with Crippen molar-refractivity contribution in [3.63, 3.8) is 0 Å². The maximum atomic E-state index is 5.80. The molecule has 0 bridgehead atoms. The third kappa shape index (κ3) is 2.82. The number of nitrogens with one attached hydrogen (secondary N) is 1. The molecule has 3 rings (SSSR count). The Kier molecular flexibility index (Phi) is 4.38. The lowest BCUT2D eigenvalue weighted by Crippen LogP contribution is -2.07. The number of rotatable bonds is 7. The Hall–Kier alpha value is -2.68. The number of hydrogen-bond acceptors (Lipinski definition) is 8. The molecular weight excluding hydrogens is 298 g/mol. The fourth-order valence-corrected chi connectivity index (χ4v) is 2.48. The molecule has 0 aromatic carbocycles. The van der Waals surface area contributed by atoms with Crippen molar-refractivity contribution in [3.05, 3.63) is 12.3 Å². The van der Waals surface area contributed by atoms with E-state index in [4.69, 9.17) is 10.5 Å². The van der Waals surface area contributed by atoms with Crippen LogP contribution in [0, 0.1) is 0 Å². The van der Waals surface area contributed by atoms with Gasteiger partial charge in [-0.25, -0.2) is 14.6 Å². The van der Waals surface area contributed by atoms with Crippen molar-refractivity contribution in [2.45, 2.75) is 19.9 Å². The third-order valence-corrected chi connectivity index (χ3v) is 3.52. The molecule has 0 radical (unpaired) electrons. The predicted octanol–water partition coefficient (Wildman–Crippen LogP) is 1.53. The van der Waals surface area contributed by atoms with Crippen LogP contribution in [0.5, 0.6) is 0 Å². The SMILES string of the molecule is CCn1c(-c2nonc2N)nc2nccc(NCCCOC)c21. The standard InChI is InChI=1S/C14H19N7O2/c1-3-21-11-9(16-6-4-8-22-2)5-7-17-13(11)18-14(21)10-12(15)20-23-19-10/h5,7H,3-4,6,8H2,1-2H3,(H2,15,20)(H,16,17). The van der Waals surface area contributed by atoms with E-state index < -0.39 is 0 Å². The molecule has 0 amide bonds. The number of nitrogens with two attached hydrogens (primary N) is 1. The smallest absolute Gasteiger partial charge is 0.199 e. The number of ether oxygens (including phenoxy) is 1. The maximum absolute atomic E-state index is 5.80. The van der Waals surface area contributed by atoms with Crippen molar-refractivity contribution in [1.29, 1.82) is 0 Å². The Balaban J connectivity index is 2.03. The lowest BCUT2D eigenvalue weighted by Gasteiger charge is -2.10. The topological polar surface area (TPSA) is 117 Å². The number of anilines is 2. The minimum absolute atomic E-state index is 0.213. The Morgan fingerprint density at radius 3 is 2.96 bits per heavy atom. The van der Waals surface area contributed by atoms with Crippen molar-refractivity contribution in [1.82, 2.24) is 24.8 Å². The fraction of sp³-hybridized carbons (Fsp3) is 0.429. The molecule has 9 heteroatoms. The van der Waals surface area contributed by atoms with E-state index in [1.54, 1.807) is 13.3 Å². The van der Waals surface area contributed by atoms with Gasteiger partial charge in [-0.1, -0.05) is 0 Å². The summed E-state index contributed by atoms with van der Waals surface area (Å²) < 4.78 is 11.8. The van der Waals surface area contributed by atoms with Crippen molar-refractivity contribution >= 4 is 22.7 Å². The molecule has 0 atom stereocenters. The minimum atomic E-state index is 0.213. The maximum Gasteiger partial charge on any atom is 0.199 e. The highest BCUT2D eigenvalue weighted by Gasteiger charge is 2.20. The number of pyridine rings is 1. The van der Waals surface area contributed by atoms with Crippen LogP contribution in [0.3, 0.4) is 0 Å². The monoisotopic (exact) mass is 317 g/mol. The number of aryl methyl sites for hydroxylation is 1. The molecule has 0 saturated carbocycles. The Morgan fingerprint density at radius 2 is 2.26 bits per heavy atom. The number of methoxy groups -OCH3 is 1. The molecule has 3 aromatic heterocycles. The molecule has 23 heavy (non-hydrogen) atoms. The van der Waals surface area contributed by atoms with Crippen LogP contribution in [0.15, 0.2) is 16.9 Å². The lowest BCUT2D eigenvalue weighted by atomic mass is 10.3. The van der Waals surface area contributed by atoms with E-state index in [2.05, 4.69) is 30.2 Å². The van der Waals surface area contributed by atoms with Gasteiger partial charge in [-0.15, -0.1) is 0 Å². The van der Waals surface area contributed by atoms with Gasteiger partial charge in [0.25, 0.3) is 0 Å². The third-order valence-electron chi connectivity index (χ3n) is 3.52. The molecule has 0 saturated heterocycles. The first-order valence-corrected chi connectivity index (χ1v) is 7.42. The van der Waals surface area contributed by atoms with E-state index in [0.717, 1.165) is 24.2 Å². The molecule has 9 nitrogen and oxygen atoms in total. The van der Waals surface area contributed by atoms with E-state index in [-0.39, 0.29) is 5.82 Å². The summed E-state index contributed by atoms with van der Waals surface area (Å²) in [6, 6.07) is 1.93. The van der Waals surface area contributed by atoms with Gasteiger partial charge in [0.1, 0.15) is 5.52 Å². The Morgan fingerprint density at radius 1 is 1.39 bits per heavy atom. The van der Waals surface area contributed by atoms with Crippen LogP contribution in [0.1, 0.15) is 13.3 Å². The molecule has 0 aliphatic rings. The summed E-state index contributed by atoms with van der Waals surface area (Å²) in [6.07, 6.45) is 2.63. The second kappa shape index (κ2) is 6.61. The van der Waals surface area contributed by atoms with E-state index in [9.17, 15) is 0 Å². The van der Waals surface area contributed by atoms with Crippen molar-refractivity contribution in [3.8, 4) is 11.5 Å². The van der Waals surface area contributed by atoms with Crippen LogP contribution in [0.25, 0.3) is 22.7 Å². The molecule has 0 spiro atoms. The number of aromatic nitrogens is 5. The van der Waals surface area contributed by atoms with Gasteiger partial charge < -0.3 is 20.4 Å². The summed E-state index contributed by atoms with van der Waals surface area (Å²) in [6.45, 7) is 4.22. The zero-order chi connectivity index (χ0) is 16.2. The summed E-state index contributed by atoms with van der Waals surface area (Å²) >= 11 is 0. The average molecular weight is 317 g/mol. The van der Waals surface area contributed by atoms with Gasteiger partial charge in [0.05, 0.1) is 5.69 Å². The first-order valence-electron chi connectivity index (χ1n) is 7.42. The normalized spacial score (nSPS) is 11.2. The molecule has 3 heterocycles. The number of hydrogen-bond donors (Lipinski definition) is 2. The lowest BCUT2D eigenvalue weighted by molar-refractivity contribution is 0.198. The predicted molar refractivity (Wildman–Crippen MR) is 85.9 cm³/mol. The van der Waals surface area contributed by atoms with Gasteiger partial charge in [0.15, 0.2) is 23.0 Å². The molecule has 0 unspecified atom stereocenters. The van der Waals surface area contributed by atoms with E-state index >= 15 is 0 Å². The number of nitrogens with zero attached hydrogens (tertiary/aromatic N) is 5. The molecule has 0 aliphatic carbocycles. The summed E-state index contributed by atoms with van der Waals surface area (Å²) in [5.41, 5.74) is 8.72. The van der Waals surface area contributed by atoms with Crippen molar-refractivity contribution in [2.24, 2.45) is 0 Å². The van der Waals surface area contributed by atoms with E-state index in [1.807, 2.05) is 17.6 Å². The van der Waals surface area contributed by atoms with Gasteiger partial charge in [-0.05, 0) is 29.7 Å². The highest BCUT2D eigenvalue weighted by Crippen LogP contribution is 2.29. The van der Waals surface area contributed by atoms with Gasteiger partial charge in [-0.3, -0.25) is 0 Å². The fourth-order valence-electron chi connectivity index (χ4n) is 2.48. The van der Waals surface area contributed by atoms with Crippen molar-refractivity contribution in [2.75, 3.05) is 31.3 Å². The van der Waals surface area contributed by atoms with Gasteiger partial charge in [0.2, 0.25) is 0 Å². The van der Waals surface area contributed by atoms with Crippen LogP contribution < -0.4 is 11.1 Å². The van der Waals surface area contributed by atoms with E-state index in [0.29, 0.717) is 30.3 Å². The quantitative estimate of drug-likeness (QED) is 0.630. The largest absolute Gasteiger partial charge is 0.385 e. The second-order valence-corrected chi connectivity index (χ2v) is 4.98. The summed E-state index contributed by atoms with van der Waals surface area (Å²) in [4.78, 5) is 8.88. The highest BCUT2D eigenvalue weighted by molar-refractivity contribution is 5.89. The first-order chi connectivity index (χ1) is 11.3. The molecule has 122 valence electrons. The van der Waals surface area contributed by atoms with Crippen molar-refractivity contribution < 1.29 is 9.37 Å². The van der Waals surface area contributed by atoms with Crippen LogP contribution >= 0.6 is 0 Å². The zero-order valence-electron chi connectivity index (χ0n) is 13.1. The first kappa shape index (κ1) is 15.2. The number of imidazole rings is 1. The Bertz CT molecular complexity index is 796. The molecule has 0 fully saturated rings.